The molecule has 4 amide bonds. The number of amides is 4. The lowest BCUT2D eigenvalue weighted by Gasteiger charge is -2.26. The first-order valence-electron chi connectivity index (χ1n) is 12.1. The predicted molar refractivity (Wildman–Crippen MR) is 134 cm³/mol. The molecule has 10 N–H and O–H groups in total. The average molecular weight is 534 g/mol. The van der Waals surface area contributed by atoms with Crippen LogP contribution in [0.5, 0.6) is 0 Å². The second kappa shape index (κ2) is 14.5. The molecular weight excluding hydrogens is 498 g/mol. The van der Waals surface area contributed by atoms with E-state index in [4.69, 9.17) is 11.5 Å². The molecule has 2 heterocycles. The number of carboxylic acids is 1. The molecule has 0 spiro atoms. The van der Waals surface area contributed by atoms with E-state index >= 15 is 0 Å². The fourth-order valence-corrected chi connectivity index (χ4v) is 3.62. The fourth-order valence-electron chi connectivity index (χ4n) is 3.62. The molecule has 2 aromatic rings. The summed E-state index contributed by atoms with van der Waals surface area (Å²) in [7, 11) is 0. The number of nitrogens with two attached hydrogens (primary N) is 2. The molecule has 0 radical (unpaired) electrons. The van der Waals surface area contributed by atoms with Crippen LogP contribution >= 0.6 is 0 Å². The van der Waals surface area contributed by atoms with Gasteiger partial charge >= 0.3 is 5.97 Å². The molecule has 0 aromatic carbocycles. The van der Waals surface area contributed by atoms with Gasteiger partial charge in [-0.15, -0.1) is 0 Å². The molecule has 4 unspecified atom stereocenters. The van der Waals surface area contributed by atoms with Gasteiger partial charge in [0, 0.05) is 43.0 Å². The van der Waals surface area contributed by atoms with E-state index in [0.717, 1.165) is 0 Å². The number of primary amides is 1. The van der Waals surface area contributed by atoms with Crippen LogP contribution in [-0.4, -0.2) is 78.8 Å². The maximum atomic E-state index is 13.3. The van der Waals surface area contributed by atoms with Crippen LogP contribution in [0.2, 0.25) is 0 Å². The SMILES string of the molecule is CC(C)CC(NC(=O)C(N)Cc1cnc[nH]1)C(=O)NC(Cc1cnc[nH]1)C(=O)NC(CCC(N)=O)C(=O)O. The summed E-state index contributed by atoms with van der Waals surface area (Å²) in [5.74, 6) is -4.08. The van der Waals surface area contributed by atoms with Gasteiger partial charge in [-0.1, -0.05) is 13.8 Å². The van der Waals surface area contributed by atoms with E-state index in [1.807, 2.05) is 13.8 Å². The quantitative estimate of drug-likeness (QED) is 0.120. The molecular formula is C23H35N9O6. The van der Waals surface area contributed by atoms with Crippen molar-refractivity contribution in [1.29, 1.82) is 0 Å². The third-order valence-electron chi connectivity index (χ3n) is 5.58. The van der Waals surface area contributed by atoms with E-state index in [9.17, 15) is 29.1 Å². The molecule has 2 aromatic heterocycles. The van der Waals surface area contributed by atoms with Gasteiger partial charge in [0.05, 0.1) is 18.7 Å². The van der Waals surface area contributed by atoms with Crippen LogP contribution in [0, 0.1) is 5.92 Å². The summed E-state index contributed by atoms with van der Waals surface area (Å²) in [4.78, 5) is 75.2. The minimum Gasteiger partial charge on any atom is -0.480 e. The summed E-state index contributed by atoms with van der Waals surface area (Å²) in [5, 5.41) is 17.0. The van der Waals surface area contributed by atoms with E-state index in [1.54, 1.807) is 0 Å². The molecule has 38 heavy (non-hydrogen) atoms. The highest BCUT2D eigenvalue weighted by Gasteiger charge is 2.31. The van der Waals surface area contributed by atoms with Crippen LogP contribution in [0.15, 0.2) is 25.0 Å². The minimum absolute atomic E-state index is 0.0000409. The molecule has 0 saturated heterocycles. The predicted octanol–water partition coefficient (Wildman–Crippen LogP) is -1.90. The topological polar surface area (TPSA) is 251 Å². The van der Waals surface area contributed by atoms with Crippen LogP contribution in [-0.2, 0) is 36.8 Å². The first-order valence-corrected chi connectivity index (χ1v) is 12.1. The van der Waals surface area contributed by atoms with Crippen molar-refractivity contribution in [3.05, 3.63) is 36.4 Å². The number of hydrogen-bond donors (Lipinski definition) is 8. The van der Waals surface area contributed by atoms with Gasteiger partial charge in [-0.3, -0.25) is 19.2 Å². The van der Waals surface area contributed by atoms with E-state index in [2.05, 4.69) is 35.9 Å². The monoisotopic (exact) mass is 533 g/mol. The van der Waals surface area contributed by atoms with Crippen LogP contribution < -0.4 is 27.4 Å². The number of imidazole rings is 2. The van der Waals surface area contributed by atoms with Gasteiger partial charge < -0.3 is 42.5 Å². The Morgan fingerprint density at radius 2 is 1.39 bits per heavy atom. The minimum atomic E-state index is -1.40. The summed E-state index contributed by atoms with van der Waals surface area (Å²) in [5.41, 5.74) is 12.3. The van der Waals surface area contributed by atoms with Crippen molar-refractivity contribution >= 4 is 29.6 Å². The number of aromatic nitrogens is 4. The smallest absolute Gasteiger partial charge is 0.326 e. The Hall–Kier alpha value is -4.27. The molecule has 2 rings (SSSR count). The number of aromatic amines is 2. The van der Waals surface area contributed by atoms with Crippen molar-refractivity contribution in [3.8, 4) is 0 Å². The van der Waals surface area contributed by atoms with Crippen molar-refractivity contribution in [3.63, 3.8) is 0 Å². The number of aliphatic carboxylic acids is 1. The van der Waals surface area contributed by atoms with Gasteiger partial charge in [-0.2, -0.15) is 0 Å². The van der Waals surface area contributed by atoms with E-state index in [1.165, 1.54) is 25.0 Å². The van der Waals surface area contributed by atoms with Crippen molar-refractivity contribution in [2.45, 2.75) is 70.1 Å². The normalized spacial score (nSPS) is 14.2. The number of rotatable bonds is 16. The zero-order valence-electron chi connectivity index (χ0n) is 21.3. The number of H-pyrrole nitrogens is 2. The molecule has 15 heteroatoms. The Morgan fingerprint density at radius 1 is 0.868 bits per heavy atom. The number of carbonyl (C=O) groups excluding carboxylic acids is 4. The third kappa shape index (κ3) is 10.0. The lowest BCUT2D eigenvalue weighted by atomic mass is 10.0. The summed E-state index contributed by atoms with van der Waals surface area (Å²) in [6.45, 7) is 3.73. The molecule has 0 bridgehead atoms. The number of hydrogen-bond acceptors (Lipinski definition) is 8. The Balaban J connectivity index is 2.16. The first kappa shape index (κ1) is 30.0. The van der Waals surface area contributed by atoms with Crippen LogP contribution in [0.4, 0.5) is 0 Å². The van der Waals surface area contributed by atoms with Crippen LogP contribution in [0.25, 0.3) is 0 Å². The Kier molecular flexibility index (Phi) is 11.4. The number of nitrogens with zero attached hydrogens (tertiary/aromatic N) is 2. The lowest BCUT2D eigenvalue weighted by molar-refractivity contribution is -0.142. The van der Waals surface area contributed by atoms with Crippen molar-refractivity contribution < 1.29 is 29.1 Å². The summed E-state index contributed by atoms with van der Waals surface area (Å²) in [6, 6.07) is -4.59. The van der Waals surface area contributed by atoms with Gasteiger partial charge in [0.25, 0.3) is 0 Å². The molecule has 0 aliphatic carbocycles. The average Bonchev–Trinajstić information content (AvgIpc) is 3.54. The van der Waals surface area contributed by atoms with Gasteiger partial charge in [-0.25, -0.2) is 14.8 Å². The molecule has 0 saturated carbocycles. The molecule has 15 nitrogen and oxygen atoms in total. The molecule has 208 valence electrons. The zero-order valence-corrected chi connectivity index (χ0v) is 21.3. The summed E-state index contributed by atoms with van der Waals surface area (Å²) >= 11 is 0. The zero-order chi connectivity index (χ0) is 28.2. The van der Waals surface area contributed by atoms with Crippen molar-refractivity contribution in [2.75, 3.05) is 0 Å². The molecule has 0 aliphatic heterocycles. The lowest BCUT2D eigenvalue weighted by Crippen LogP contribution is -2.58. The number of carbonyl (C=O) groups is 5. The highest BCUT2D eigenvalue weighted by atomic mass is 16.4. The van der Waals surface area contributed by atoms with E-state index in [0.29, 0.717) is 11.4 Å². The molecule has 0 fully saturated rings. The standard InChI is InChI=1S/C23H35N9O6/c1-12(2)5-17(31-20(34)15(24)6-13-8-26-10-28-13)21(35)32-18(7-14-9-27-11-29-14)22(36)30-16(23(37)38)3-4-19(25)33/h8-12,15-18H,3-7,24H2,1-2H3,(H2,25,33)(H,26,28)(H,27,29)(H,30,36)(H,31,34)(H,32,35)(H,37,38). The van der Waals surface area contributed by atoms with Crippen LogP contribution in [0.1, 0.15) is 44.5 Å². The number of carboxylic acid groups (broad SMARTS) is 1. The third-order valence-corrected chi connectivity index (χ3v) is 5.58. The molecule has 4 atom stereocenters. The second-order valence-corrected chi connectivity index (χ2v) is 9.32. The summed E-state index contributed by atoms with van der Waals surface area (Å²) in [6.07, 6.45) is 5.76. The Labute approximate surface area is 218 Å². The number of nitrogens with one attached hydrogen (secondary N) is 5. The van der Waals surface area contributed by atoms with Gasteiger partial charge in [0.1, 0.15) is 18.1 Å². The van der Waals surface area contributed by atoms with Crippen molar-refractivity contribution in [2.24, 2.45) is 17.4 Å². The molecule has 0 aliphatic rings. The van der Waals surface area contributed by atoms with Gasteiger partial charge in [0.15, 0.2) is 0 Å². The van der Waals surface area contributed by atoms with Crippen molar-refractivity contribution in [1.82, 2.24) is 35.9 Å². The second-order valence-electron chi connectivity index (χ2n) is 9.32. The highest BCUT2D eigenvalue weighted by Crippen LogP contribution is 2.09. The maximum Gasteiger partial charge on any atom is 0.326 e. The fraction of sp³-hybridized carbons (Fsp3) is 0.522. The first-order chi connectivity index (χ1) is 18.0. The van der Waals surface area contributed by atoms with Crippen LogP contribution in [0.3, 0.4) is 0 Å². The maximum absolute atomic E-state index is 13.3. The highest BCUT2D eigenvalue weighted by molar-refractivity contribution is 5.94. The summed E-state index contributed by atoms with van der Waals surface area (Å²) < 4.78 is 0. The Bertz CT molecular complexity index is 1070. The Morgan fingerprint density at radius 3 is 1.89 bits per heavy atom. The van der Waals surface area contributed by atoms with E-state index in [-0.39, 0.29) is 38.0 Å². The largest absolute Gasteiger partial charge is 0.480 e. The van der Waals surface area contributed by atoms with Gasteiger partial charge in [0.2, 0.25) is 23.6 Å². The van der Waals surface area contributed by atoms with Gasteiger partial charge in [-0.05, 0) is 18.8 Å². The van der Waals surface area contributed by atoms with E-state index < -0.39 is 53.8 Å².